The van der Waals surface area contributed by atoms with Crippen molar-refractivity contribution in [3.8, 4) is 6.07 Å². The standard InChI is InChI=1S/C12H9BrN4O/c1-7-10(6-15-17-7)12(18)16-11-4-9(13)3-2-8(11)5-14/h2-4,6H,1H3,(H,15,17)(H,16,18). The Labute approximate surface area is 112 Å². The van der Waals surface area contributed by atoms with E-state index >= 15 is 0 Å². The fraction of sp³-hybridized carbons (Fsp3) is 0.0833. The number of nitriles is 1. The molecule has 1 amide bonds. The number of H-pyrrole nitrogens is 1. The molecule has 0 saturated heterocycles. The Bertz CT molecular complexity index is 642. The third-order valence-electron chi connectivity index (χ3n) is 2.42. The first-order valence-electron chi connectivity index (χ1n) is 5.13. The summed E-state index contributed by atoms with van der Waals surface area (Å²) in [6, 6.07) is 7.10. The van der Waals surface area contributed by atoms with Gasteiger partial charge in [0.25, 0.3) is 5.91 Å². The third kappa shape index (κ3) is 2.41. The quantitative estimate of drug-likeness (QED) is 0.894. The summed E-state index contributed by atoms with van der Waals surface area (Å²) >= 11 is 3.30. The summed E-state index contributed by atoms with van der Waals surface area (Å²) in [5, 5.41) is 18.1. The van der Waals surface area contributed by atoms with Crippen LogP contribution in [0.25, 0.3) is 0 Å². The van der Waals surface area contributed by atoms with E-state index in [9.17, 15) is 4.79 Å². The number of anilines is 1. The number of amides is 1. The molecular weight excluding hydrogens is 296 g/mol. The van der Waals surface area contributed by atoms with Gasteiger partial charge in [-0.2, -0.15) is 10.4 Å². The summed E-state index contributed by atoms with van der Waals surface area (Å²) in [5.41, 5.74) is 2.02. The van der Waals surface area contributed by atoms with Crippen LogP contribution in [0.1, 0.15) is 21.6 Å². The van der Waals surface area contributed by atoms with E-state index in [0.29, 0.717) is 22.5 Å². The number of aromatic amines is 1. The number of aryl methyl sites for hydroxylation is 1. The summed E-state index contributed by atoms with van der Waals surface area (Å²) in [6.07, 6.45) is 1.45. The van der Waals surface area contributed by atoms with Gasteiger partial charge in [0.05, 0.1) is 23.0 Å². The summed E-state index contributed by atoms with van der Waals surface area (Å²) in [7, 11) is 0. The second kappa shape index (κ2) is 5.02. The number of carbonyl (C=O) groups excluding carboxylic acids is 1. The lowest BCUT2D eigenvalue weighted by atomic mass is 10.2. The summed E-state index contributed by atoms with van der Waals surface area (Å²) in [4.78, 5) is 12.0. The number of halogens is 1. The number of hydrogen-bond acceptors (Lipinski definition) is 3. The van der Waals surface area contributed by atoms with Crippen LogP contribution < -0.4 is 5.32 Å². The maximum atomic E-state index is 12.0. The highest BCUT2D eigenvalue weighted by Gasteiger charge is 2.13. The van der Waals surface area contributed by atoms with E-state index in [2.05, 4.69) is 31.4 Å². The zero-order chi connectivity index (χ0) is 13.1. The second-order valence-corrected chi connectivity index (χ2v) is 4.58. The van der Waals surface area contributed by atoms with Crippen LogP contribution in [0.15, 0.2) is 28.9 Å². The number of nitrogens with zero attached hydrogens (tertiary/aromatic N) is 2. The van der Waals surface area contributed by atoms with E-state index in [-0.39, 0.29) is 5.91 Å². The van der Waals surface area contributed by atoms with Crippen molar-refractivity contribution in [2.24, 2.45) is 0 Å². The predicted octanol–water partition coefficient (Wildman–Crippen LogP) is 2.60. The Hall–Kier alpha value is -2.13. The van der Waals surface area contributed by atoms with Crippen LogP contribution in [-0.4, -0.2) is 16.1 Å². The molecule has 1 aromatic heterocycles. The number of aromatic nitrogens is 2. The van der Waals surface area contributed by atoms with Crippen LogP contribution in [0.2, 0.25) is 0 Å². The van der Waals surface area contributed by atoms with Crippen LogP contribution in [-0.2, 0) is 0 Å². The average molecular weight is 305 g/mol. The summed E-state index contributed by atoms with van der Waals surface area (Å²) in [6.45, 7) is 1.76. The molecule has 5 nitrogen and oxygen atoms in total. The molecule has 0 saturated carbocycles. The van der Waals surface area contributed by atoms with Gasteiger partial charge in [-0.3, -0.25) is 9.89 Å². The van der Waals surface area contributed by atoms with Gasteiger partial charge in [-0.15, -0.1) is 0 Å². The van der Waals surface area contributed by atoms with Gasteiger partial charge >= 0.3 is 0 Å². The summed E-state index contributed by atoms with van der Waals surface area (Å²) < 4.78 is 0.792. The minimum Gasteiger partial charge on any atom is -0.321 e. The van der Waals surface area contributed by atoms with E-state index in [1.165, 1.54) is 6.20 Å². The second-order valence-electron chi connectivity index (χ2n) is 3.66. The highest BCUT2D eigenvalue weighted by molar-refractivity contribution is 9.10. The predicted molar refractivity (Wildman–Crippen MR) is 70.1 cm³/mol. The molecule has 0 aliphatic heterocycles. The first-order chi connectivity index (χ1) is 8.61. The van der Waals surface area contributed by atoms with Crippen molar-refractivity contribution in [1.82, 2.24) is 10.2 Å². The van der Waals surface area contributed by atoms with Crippen molar-refractivity contribution in [3.63, 3.8) is 0 Å². The Kier molecular flexibility index (Phi) is 3.44. The molecule has 6 heteroatoms. The van der Waals surface area contributed by atoms with Gasteiger partial charge in [-0.25, -0.2) is 0 Å². The normalized spacial score (nSPS) is 9.83. The number of nitrogens with one attached hydrogen (secondary N) is 2. The lowest BCUT2D eigenvalue weighted by Crippen LogP contribution is -2.13. The Morgan fingerprint density at radius 3 is 2.94 bits per heavy atom. The van der Waals surface area contributed by atoms with Gasteiger partial charge in [-0.1, -0.05) is 15.9 Å². The minimum atomic E-state index is -0.296. The van der Waals surface area contributed by atoms with Crippen LogP contribution in [0.3, 0.4) is 0 Å². The van der Waals surface area contributed by atoms with Gasteiger partial charge < -0.3 is 5.32 Å². The van der Waals surface area contributed by atoms with Crippen molar-refractivity contribution < 1.29 is 4.79 Å². The molecule has 0 aliphatic carbocycles. The molecule has 0 fully saturated rings. The Balaban J connectivity index is 2.30. The molecule has 2 aromatic rings. The van der Waals surface area contributed by atoms with Crippen molar-refractivity contribution >= 4 is 27.5 Å². The van der Waals surface area contributed by atoms with Crippen LogP contribution in [0.4, 0.5) is 5.69 Å². The van der Waals surface area contributed by atoms with Crippen molar-refractivity contribution in [1.29, 1.82) is 5.26 Å². The molecule has 0 unspecified atom stereocenters. The highest BCUT2D eigenvalue weighted by Crippen LogP contribution is 2.21. The largest absolute Gasteiger partial charge is 0.321 e. The monoisotopic (exact) mass is 304 g/mol. The molecular formula is C12H9BrN4O. The van der Waals surface area contributed by atoms with Crippen molar-refractivity contribution in [2.45, 2.75) is 6.92 Å². The maximum absolute atomic E-state index is 12.0. The molecule has 2 rings (SSSR count). The minimum absolute atomic E-state index is 0.296. The molecule has 1 heterocycles. The molecule has 90 valence electrons. The molecule has 0 spiro atoms. The van der Waals surface area contributed by atoms with Gasteiger partial charge in [0.2, 0.25) is 0 Å². The van der Waals surface area contributed by atoms with E-state index in [0.717, 1.165) is 4.47 Å². The highest BCUT2D eigenvalue weighted by atomic mass is 79.9. The molecule has 2 N–H and O–H groups in total. The van der Waals surface area contributed by atoms with Gasteiger partial charge in [0, 0.05) is 10.2 Å². The number of hydrogen-bond donors (Lipinski definition) is 2. The fourth-order valence-electron chi connectivity index (χ4n) is 1.49. The average Bonchev–Trinajstić information content (AvgIpc) is 2.76. The van der Waals surface area contributed by atoms with Gasteiger partial charge in [0.15, 0.2) is 0 Å². The third-order valence-corrected chi connectivity index (χ3v) is 2.92. The first kappa shape index (κ1) is 12.3. The summed E-state index contributed by atoms with van der Waals surface area (Å²) in [5.74, 6) is -0.296. The van der Waals surface area contributed by atoms with Crippen LogP contribution in [0, 0.1) is 18.3 Å². The van der Waals surface area contributed by atoms with Crippen LogP contribution in [0.5, 0.6) is 0 Å². The number of benzene rings is 1. The van der Waals surface area contributed by atoms with E-state index < -0.39 is 0 Å². The number of carbonyl (C=O) groups is 1. The molecule has 0 radical (unpaired) electrons. The zero-order valence-electron chi connectivity index (χ0n) is 9.49. The topological polar surface area (TPSA) is 81.6 Å². The van der Waals surface area contributed by atoms with Gasteiger partial charge in [0.1, 0.15) is 6.07 Å². The SMILES string of the molecule is Cc1[nH]ncc1C(=O)Nc1cc(Br)ccc1C#N. The molecule has 0 atom stereocenters. The van der Waals surface area contributed by atoms with E-state index in [1.807, 2.05) is 6.07 Å². The molecule has 0 bridgehead atoms. The zero-order valence-corrected chi connectivity index (χ0v) is 11.1. The lowest BCUT2D eigenvalue weighted by molar-refractivity contribution is 0.102. The first-order valence-corrected chi connectivity index (χ1v) is 5.92. The maximum Gasteiger partial charge on any atom is 0.259 e. The Morgan fingerprint density at radius 1 is 1.56 bits per heavy atom. The lowest BCUT2D eigenvalue weighted by Gasteiger charge is -2.06. The molecule has 1 aromatic carbocycles. The fourth-order valence-corrected chi connectivity index (χ4v) is 1.85. The van der Waals surface area contributed by atoms with E-state index in [4.69, 9.17) is 5.26 Å². The van der Waals surface area contributed by atoms with E-state index in [1.54, 1.807) is 25.1 Å². The molecule has 0 aliphatic rings. The smallest absolute Gasteiger partial charge is 0.259 e. The Morgan fingerprint density at radius 2 is 2.33 bits per heavy atom. The molecule has 18 heavy (non-hydrogen) atoms. The van der Waals surface area contributed by atoms with Crippen molar-refractivity contribution in [2.75, 3.05) is 5.32 Å². The van der Waals surface area contributed by atoms with Crippen LogP contribution >= 0.6 is 15.9 Å². The number of rotatable bonds is 2. The van der Waals surface area contributed by atoms with Gasteiger partial charge in [-0.05, 0) is 25.1 Å². The van der Waals surface area contributed by atoms with Crippen molar-refractivity contribution in [3.05, 3.63) is 45.7 Å².